The Bertz CT molecular complexity index is 335. The Morgan fingerprint density at radius 2 is 2.12 bits per heavy atom. The molecule has 1 aromatic heterocycles. The van der Waals surface area contributed by atoms with Crippen LogP contribution in [0.2, 0.25) is 0 Å². The van der Waals surface area contributed by atoms with E-state index in [0.29, 0.717) is 6.61 Å². The first-order valence-corrected chi connectivity index (χ1v) is 6.18. The Kier molecular flexibility index (Phi) is 3.73. The lowest BCUT2D eigenvalue weighted by Gasteiger charge is -2.34. The fourth-order valence-corrected chi connectivity index (χ4v) is 2.59. The van der Waals surface area contributed by atoms with Crippen LogP contribution in [0, 0.1) is 0 Å². The molecule has 1 saturated heterocycles. The molecule has 2 heterocycles. The van der Waals surface area contributed by atoms with Gasteiger partial charge in [-0.15, -0.1) is 0 Å². The molecule has 0 N–H and O–H groups in total. The molecule has 0 amide bonds. The van der Waals surface area contributed by atoms with Crippen molar-refractivity contribution in [2.24, 2.45) is 0 Å². The van der Waals surface area contributed by atoms with Gasteiger partial charge in [0.25, 0.3) is 0 Å². The summed E-state index contributed by atoms with van der Waals surface area (Å²) in [5, 5.41) is 0.967. The van der Waals surface area contributed by atoms with Gasteiger partial charge in [-0.05, 0) is 13.8 Å². The van der Waals surface area contributed by atoms with Gasteiger partial charge in [0.2, 0.25) is 5.13 Å². The number of nitrogens with zero attached hydrogens (tertiary/aromatic N) is 3. The highest BCUT2D eigenvalue weighted by atomic mass is 32.1. The van der Waals surface area contributed by atoms with Crippen LogP contribution in [0.25, 0.3) is 0 Å². The number of morpholine rings is 1. The predicted molar refractivity (Wildman–Crippen MR) is 62.8 cm³/mol. The zero-order chi connectivity index (χ0) is 11.5. The summed E-state index contributed by atoms with van der Waals surface area (Å²) in [5.41, 5.74) is 0. The monoisotopic (exact) mass is 243 g/mol. The lowest BCUT2D eigenvalue weighted by molar-refractivity contribution is -0.00524. The maximum atomic E-state index is 5.68. The lowest BCUT2D eigenvalue weighted by Crippen LogP contribution is -2.45. The maximum absolute atomic E-state index is 5.68. The van der Waals surface area contributed by atoms with Crippen molar-refractivity contribution in [2.75, 3.05) is 25.1 Å². The third kappa shape index (κ3) is 2.69. The molecule has 2 unspecified atom stereocenters. The minimum Gasteiger partial charge on any atom is -0.377 e. The van der Waals surface area contributed by atoms with Gasteiger partial charge in [0.1, 0.15) is 6.61 Å². The fraction of sp³-hybridized carbons (Fsp3) is 0.800. The predicted octanol–water partition coefficient (Wildman–Crippen LogP) is 1.30. The normalized spacial score (nSPS) is 26.1. The van der Waals surface area contributed by atoms with Crippen LogP contribution in [0.3, 0.4) is 0 Å². The summed E-state index contributed by atoms with van der Waals surface area (Å²) in [4.78, 5) is 6.68. The van der Waals surface area contributed by atoms with Gasteiger partial charge in [-0.3, -0.25) is 0 Å². The van der Waals surface area contributed by atoms with E-state index in [0.717, 1.165) is 24.0 Å². The van der Waals surface area contributed by atoms with E-state index in [4.69, 9.17) is 9.47 Å². The fourth-order valence-electron chi connectivity index (χ4n) is 1.89. The molecule has 2 rings (SSSR count). The number of rotatable bonds is 3. The Hall–Kier alpha value is -0.720. The second-order valence-corrected chi connectivity index (χ2v) is 4.82. The van der Waals surface area contributed by atoms with Crippen molar-refractivity contribution < 1.29 is 9.47 Å². The summed E-state index contributed by atoms with van der Waals surface area (Å²) >= 11 is 1.43. The first-order chi connectivity index (χ1) is 7.69. The molecule has 0 saturated carbocycles. The molecule has 1 fully saturated rings. The van der Waals surface area contributed by atoms with E-state index in [1.807, 2.05) is 0 Å². The van der Waals surface area contributed by atoms with Crippen LogP contribution in [0.15, 0.2) is 0 Å². The minimum absolute atomic E-state index is 0.249. The van der Waals surface area contributed by atoms with Crippen LogP contribution in [-0.4, -0.2) is 41.8 Å². The number of ether oxygens (including phenoxy) is 2. The summed E-state index contributed by atoms with van der Waals surface area (Å²) < 4.78 is 14.9. The van der Waals surface area contributed by atoms with Crippen LogP contribution >= 0.6 is 11.5 Å². The topological polar surface area (TPSA) is 47.5 Å². The third-order valence-electron chi connectivity index (χ3n) is 2.42. The number of anilines is 1. The van der Waals surface area contributed by atoms with Gasteiger partial charge in [0.05, 0.1) is 12.2 Å². The zero-order valence-electron chi connectivity index (χ0n) is 9.84. The Balaban J connectivity index is 2.04. The molecule has 16 heavy (non-hydrogen) atoms. The van der Waals surface area contributed by atoms with Crippen molar-refractivity contribution in [1.82, 2.24) is 9.36 Å². The summed E-state index contributed by atoms with van der Waals surface area (Å²) in [7, 11) is 1.65. The number of hydrogen-bond donors (Lipinski definition) is 0. The SMILES string of the molecule is COCc1nsc(N2CC(C)OC(C)C2)n1. The zero-order valence-corrected chi connectivity index (χ0v) is 10.7. The van der Waals surface area contributed by atoms with Crippen LogP contribution < -0.4 is 4.90 Å². The Labute approximate surface area is 99.6 Å². The summed E-state index contributed by atoms with van der Waals surface area (Å²) in [5.74, 6) is 0.759. The van der Waals surface area contributed by atoms with Crippen molar-refractivity contribution in [3.8, 4) is 0 Å². The van der Waals surface area contributed by atoms with Gasteiger partial charge < -0.3 is 14.4 Å². The molecule has 1 aromatic rings. The van der Waals surface area contributed by atoms with E-state index in [9.17, 15) is 0 Å². The van der Waals surface area contributed by atoms with Crippen LogP contribution in [0.5, 0.6) is 0 Å². The van der Waals surface area contributed by atoms with Crippen molar-refractivity contribution in [3.05, 3.63) is 5.82 Å². The van der Waals surface area contributed by atoms with Crippen molar-refractivity contribution >= 4 is 16.7 Å². The Morgan fingerprint density at radius 3 is 2.75 bits per heavy atom. The minimum atomic E-state index is 0.249. The molecule has 0 aliphatic carbocycles. The second kappa shape index (κ2) is 5.07. The van der Waals surface area contributed by atoms with Gasteiger partial charge >= 0.3 is 0 Å². The van der Waals surface area contributed by atoms with Gasteiger partial charge in [0.15, 0.2) is 5.82 Å². The highest BCUT2D eigenvalue weighted by Gasteiger charge is 2.24. The molecule has 90 valence electrons. The molecule has 0 radical (unpaired) electrons. The molecule has 1 aliphatic rings. The van der Waals surface area contributed by atoms with Crippen LogP contribution in [-0.2, 0) is 16.1 Å². The van der Waals surface area contributed by atoms with Gasteiger partial charge in [0, 0.05) is 31.7 Å². The molecular weight excluding hydrogens is 226 g/mol. The molecule has 0 bridgehead atoms. The molecular formula is C10H17N3O2S. The summed E-state index contributed by atoms with van der Waals surface area (Å²) in [6.45, 7) is 6.41. The Morgan fingerprint density at radius 1 is 1.44 bits per heavy atom. The third-order valence-corrected chi connectivity index (χ3v) is 3.24. The van der Waals surface area contributed by atoms with E-state index in [1.54, 1.807) is 7.11 Å². The van der Waals surface area contributed by atoms with E-state index < -0.39 is 0 Å². The largest absolute Gasteiger partial charge is 0.377 e. The van der Waals surface area contributed by atoms with Crippen molar-refractivity contribution in [2.45, 2.75) is 32.7 Å². The number of hydrogen-bond acceptors (Lipinski definition) is 6. The number of aromatic nitrogens is 2. The van der Waals surface area contributed by atoms with Gasteiger partial charge in [-0.1, -0.05) is 0 Å². The molecule has 0 aromatic carbocycles. The highest BCUT2D eigenvalue weighted by molar-refractivity contribution is 7.09. The number of methoxy groups -OCH3 is 1. The average Bonchev–Trinajstić information content (AvgIpc) is 2.65. The quantitative estimate of drug-likeness (QED) is 0.800. The molecule has 1 aliphatic heterocycles. The van der Waals surface area contributed by atoms with E-state index in [1.165, 1.54) is 11.5 Å². The van der Waals surface area contributed by atoms with E-state index >= 15 is 0 Å². The lowest BCUT2D eigenvalue weighted by atomic mass is 10.2. The van der Waals surface area contributed by atoms with Crippen LogP contribution in [0.4, 0.5) is 5.13 Å². The van der Waals surface area contributed by atoms with E-state index in [2.05, 4.69) is 28.1 Å². The van der Waals surface area contributed by atoms with Crippen molar-refractivity contribution in [1.29, 1.82) is 0 Å². The maximum Gasteiger partial charge on any atom is 0.205 e. The molecule has 2 atom stereocenters. The summed E-state index contributed by atoms with van der Waals surface area (Å²) in [6, 6.07) is 0. The van der Waals surface area contributed by atoms with Gasteiger partial charge in [-0.25, -0.2) is 4.98 Å². The van der Waals surface area contributed by atoms with Gasteiger partial charge in [-0.2, -0.15) is 4.37 Å². The van der Waals surface area contributed by atoms with E-state index in [-0.39, 0.29) is 12.2 Å². The molecule has 6 heteroatoms. The highest BCUT2D eigenvalue weighted by Crippen LogP contribution is 2.22. The molecule has 5 nitrogen and oxygen atoms in total. The molecule has 0 spiro atoms. The average molecular weight is 243 g/mol. The van der Waals surface area contributed by atoms with Crippen LogP contribution in [0.1, 0.15) is 19.7 Å². The van der Waals surface area contributed by atoms with Crippen molar-refractivity contribution in [3.63, 3.8) is 0 Å². The standard InChI is InChI=1S/C10H17N3O2S/c1-7-4-13(5-8(2)15-7)10-11-9(6-14-3)12-16-10/h7-8H,4-6H2,1-3H3. The summed E-state index contributed by atoms with van der Waals surface area (Å²) in [6.07, 6.45) is 0.497. The smallest absolute Gasteiger partial charge is 0.205 e. The first-order valence-electron chi connectivity index (χ1n) is 5.41. The first kappa shape index (κ1) is 11.8. The second-order valence-electron chi connectivity index (χ2n) is 4.09.